The Morgan fingerprint density at radius 2 is 0.875 bits per heavy atom. The average molecular weight is 612 g/mol. The molecule has 2 aliphatic rings. The maximum absolute atomic E-state index is 2.50. The van der Waals surface area contributed by atoms with Gasteiger partial charge in [0.2, 0.25) is 0 Å². The van der Waals surface area contributed by atoms with Crippen molar-refractivity contribution < 1.29 is 0 Å². The van der Waals surface area contributed by atoms with Gasteiger partial charge in [0.05, 0.1) is 5.41 Å². The Hall–Kier alpha value is -5.92. The van der Waals surface area contributed by atoms with Gasteiger partial charge in [0.25, 0.3) is 0 Å². The van der Waals surface area contributed by atoms with E-state index in [0.29, 0.717) is 0 Å². The van der Waals surface area contributed by atoms with Crippen LogP contribution in [0.2, 0.25) is 0 Å². The Bertz CT molecular complexity index is 2500. The Kier molecular flexibility index (Phi) is 5.83. The molecule has 0 aromatic heterocycles. The van der Waals surface area contributed by atoms with E-state index in [-0.39, 0.29) is 5.41 Å². The first-order valence-electron chi connectivity index (χ1n) is 17.0. The third-order valence-corrected chi connectivity index (χ3v) is 10.8. The van der Waals surface area contributed by atoms with Crippen molar-refractivity contribution in [1.29, 1.82) is 0 Å². The molecule has 0 N–H and O–H groups in total. The first-order valence-corrected chi connectivity index (χ1v) is 17.0. The van der Waals surface area contributed by atoms with Crippen molar-refractivity contribution in [2.75, 3.05) is 4.90 Å². The summed E-state index contributed by atoms with van der Waals surface area (Å²) >= 11 is 0. The summed E-state index contributed by atoms with van der Waals surface area (Å²) in [6.07, 6.45) is 1.03. The molecule has 1 nitrogen and oxygen atoms in total. The molecule has 0 aliphatic heterocycles. The van der Waals surface area contributed by atoms with Crippen LogP contribution in [0.25, 0.3) is 43.8 Å². The third-order valence-electron chi connectivity index (χ3n) is 10.8. The fourth-order valence-corrected chi connectivity index (χ4v) is 8.60. The Morgan fingerprint density at radius 3 is 1.52 bits per heavy atom. The predicted molar refractivity (Wildman–Crippen MR) is 202 cm³/mol. The van der Waals surface area contributed by atoms with Crippen LogP contribution >= 0.6 is 0 Å². The summed E-state index contributed by atoms with van der Waals surface area (Å²) in [6, 6.07) is 63.5. The van der Waals surface area contributed by atoms with E-state index in [1.54, 1.807) is 0 Å². The van der Waals surface area contributed by atoms with Crippen LogP contribution in [0.4, 0.5) is 17.1 Å². The molecule has 0 amide bonds. The molecule has 226 valence electrons. The van der Waals surface area contributed by atoms with Gasteiger partial charge < -0.3 is 4.90 Å². The molecular weight excluding hydrogens is 579 g/mol. The highest BCUT2D eigenvalue weighted by molar-refractivity contribution is 6.04. The number of anilines is 3. The minimum atomic E-state index is -0.388. The molecule has 0 atom stereocenters. The summed E-state index contributed by atoms with van der Waals surface area (Å²) in [5.41, 5.74) is 15.2. The minimum absolute atomic E-state index is 0.388. The zero-order valence-corrected chi connectivity index (χ0v) is 26.8. The first-order chi connectivity index (χ1) is 23.7. The third kappa shape index (κ3) is 3.73. The Balaban J connectivity index is 1.26. The van der Waals surface area contributed by atoms with E-state index >= 15 is 0 Å². The number of para-hydroxylation sites is 1. The van der Waals surface area contributed by atoms with Crippen LogP contribution in [-0.4, -0.2) is 0 Å². The summed E-state index contributed by atoms with van der Waals surface area (Å²) in [7, 11) is 0. The molecule has 0 bridgehead atoms. The summed E-state index contributed by atoms with van der Waals surface area (Å²) in [4.78, 5) is 2.38. The van der Waals surface area contributed by atoms with E-state index in [9.17, 15) is 0 Å². The monoisotopic (exact) mass is 611 g/mol. The highest BCUT2D eigenvalue weighted by Gasteiger charge is 2.51. The number of rotatable bonds is 4. The zero-order valence-electron chi connectivity index (χ0n) is 26.8. The summed E-state index contributed by atoms with van der Waals surface area (Å²) in [5, 5.41) is 5.06. The molecule has 0 fully saturated rings. The second-order valence-electron chi connectivity index (χ2n) is 13.2. The van der Waals surface area contributed by atoms with Gasteiger partial charge in [-0.05, 0) is 139 Å². The summed E-state index contributed by atoms with van der Waals surface area (Å²) in [6.45, 7) is 2.21. The molecular formula is C47H33N. The van der Waals surface area contributed by atoms with Crippen molar-refractivity contribution >= 4 is 38.6 Å². The normalized spacial score (nSPS) is 13.4. The van der Waals surface area contributed by atoms with Gasteiger partial charge in [-0.3, -0.25) is 0 Å². The van der Waals surface area contributed by atoms with Crippen LogP contribution in [0, 0.1) is 0 Å². The lowest BCUT2D eigenvalue weighted by Gasteiger charge is -2.31. The molecule has 48 heavy (non-hydrogen) atoms. The number of hydrogen-bond donors (Lipinski definition) is 0. The number of fused-ring (bicyclic) bond motifs is 12. The number of benzene rings is 8. The van der Waals surface area contributed by atoms with Crippen molar-refractivity contribution in [2.24, 2.45) is 0 Å². The SMILES string of the molecule is CCc1ccc(N(c2ccccc2)c2ccc3cc4c(cc3c2)C2(c3ccccc3-c3ccccc32)c2cc3ccccc3cc2-4)cc1. The van der Waals surface area contributed by atoms with Gasteiger partial charge in [0.15, 0.2) is 0 Å². The highest BCUT2D eigenvalue weighted by Crippen LogP contribution is 2.63. The lowest BCUT2D eigenvalue weighted by Crippen LogP contribution is -2.25. The maximum Gasteiger partial charge on any atom is 0.0725 e. The zero-order chi connectivity index (χ0) is 31.8. The molecule has 0 saturated heterocycles. The second kappa shape index (κ2) is 10.3. The average Bonchev–Trinajstić information content (AvgIpc) is 3.60. The van der Waals surface area contributed by atoms with Crippen LogP contribution in [0.3, 0.4) is 0 Å². The summed E-state index contributed by atoms with van der Waals surface area (Å²) < 4.78 is 0. The van der Waals surface area contributed by atoms with Gasteiger partial charge in [-0.1, -0.05) is 116 Å². The van der Waals surface area contributed by atoms with E-state index in [1.807, 2.05) is 0 Å². The molecule has 0 unspecified atom stereocenters. The van der Waals surface area contributed by atoms with E-state index < -0.39 is 0 Å². The van der Waals surface area contributed by atoms with Crippen molar-refractivity contribution in [3.63, 3.8) is 0 Å². The Labute approximate surface area is 281 Å². The molecule has 10 rings (SSSR count). The van der Waals surface area contributed by atoms with E-state index in [0.717, 1.165) is 23.5 Å². The molecule has 1 spiro atoms. The van der Waals surface area contributed by atoms with Crippen LogP contribution in [-0.2, 0) is 11.8 Å². The second-order valence-corrected chi connectivity index (χ2v) is 13.2. The summed E-state index contributed by atoms with van der Waals surface area (Å²) in [5.74, 6) is 0. The smallest absolute Gasteiger partial charge is 0.0725 e. The van der Waals surface area contributed by atoms with Crippen LogP contribution < -0.4 is 4.90 Å². The molecule has 0 heterocycles. The van der Waals surface area contributed by atoms with Gasteiger partial charge in [-0.25, -0.2) is 0 Å². The Morgan fingerprint density at radius 1 is 0.375 bits per heavy atom. The van der Waals surface area contributed by atoms with Crippen molar-refractivity contribution in [3.05, 3.63) is 198 Å². The van der Waals surface area contributed by atoms with Crippen LogP contribution in [0.15, 0.2) is 170 Å². The molecule has 8 aromatic rings. The van der Waals surface area contributed by atoms with Gasteiger partial charge in [-0.2, -0.15) is 0 Å². The minimum Gasteiger partial charge on any atom is -0.310 e. The molecule has 8 aromatic carbocycles. The van der Waals surface area contributed by atoms with Crippen molar-refractivity contribution in [1.82, 2.24) is 0 Å². The molecule has 2 aliphatic carbocycles. The quantitative estimate of drug-likeness (QED) is 0.191. The first kappa shape index (κ1) is 27.2. The molecule has 1 heteroatoms. The van der Waals surface area contributed by atoms with E-state index in [4.69, 9.17) is 0 Å². The van der Waals surface area contributed by atoms with Gasteiger partial charge in [-0.15, -0.1) is 0 Å². The lowest BCUT2D eigenvalue weighted by molar-refractivity contribution is 0.796. The number of hydrogen-bond acceptors (Lipinski definition) is 1. The van der Waals surface area contributed by atoms with Crippen molar-refractivity contribution in [2.45, 2.75) is 18.8 Å². The van der Waals surface area contributed by atoms with Crippen LogP contribution in [0.1, 0.15) is 34.7 Å². The molecule has 0 saturated carbocycles. The van der Waals surface area contributed by atoms with Gasteiger partial charge >= 0.3 is 0 Å². The van der Waals surface area contributed by atoms with Gasteiger partial charge in [0.1, 0.15) is 0 Å². The van der Waals surface area contributed by atoms with E-state index in [1.165, 1.54) is 71.6 Å². The van der Waals surface area contributed by atoms with Gasteiger partial charge in [0, 0.05) is 17.1 Å². The fourth-order valence-electron chi connectivity index (χ4n) is 8.60. The van der Waals surface area contributed by atoms with Crippen LogP contribution in [0.5, 0.6) is 0 Å². The molecule has 0 radical (unpaired) electrons. The standard InChI is InChI=1S/C47H33N/c1-2-31-20-23-37(24-21-31)48(36-14-4-3-5-15-36)38-25-22-34-28-42-41-27-32-12-6-7-13-33(32)29-45(41)47(46(42)30-35(34)26-38)43-18-10-8-16-39(43)40-17-9-11-19-44(40)47/h3-30H,2H2,1H3. The number of nitrogens with zero attached hydrogens (tertiary/aromatic N) is 1. The van der Waals surface area contributed by atoms with E-state index in [2.05, 4.69) is 182 Å². The van der Waals surface area contributed by atoms with Crippen molar-refractivity contribution in [3.8, 4) is 22.3 Å². The maximum atomic E-state index is 2.50. The lowest BCUT2D eigenvalue weighted by atomic mass is 9.70. The fraction of sp³-hybridized carbons (Fsp3) is 0.0638. The predicted octanol–water partition coefficient (Wildman–Crippen LogP) is 12.4. The number of aryl methyl sites for hydroxylation is 1. The highest BCUT2D eigenvalue weighted by atomic mass is 15.1. The largest absolute Gasteiger partial charge is 0.310 e. The topological polar surface area (TPSA) is 3.24 Å².